The molecule has 1 aliphatic carbocycles. The molecule has 5 heteroatoms. The molecule has 0 heterocycles. The lowest BCUT2D eigenvalue weighted by Crippen LogP contribution is -2.36. The fraction of sp³-hybridized carbons (Fsp3) is 0.533. The molecule has 1 saturated carbocycles. The van der Waals surface area contributed by atoms with E-state index in [1.54, 1.807) is 6.07 Å². The molecule has 0 saturated heterocycles. The zero-order valence-electron chi connectivity index (χ0n) is 11.8. The summed E-state index contributed by atoms with van der Waals surface area (Å²) in [5.41, 5.74) is 6.36. The van der Waals surface area contributed by atoms with E-state index in [9.17, 15) is 5.11 Å². The smallest absolute Gasteiger partial charge is 0.120 e. The fourth-order valence-corrected chi connectivity index (χ4v) is 2.36. The molecule has 0 spiro atoms. The molecule has 0 aliphatic heterocycles. The van der Waals surface area contributed by atoms with Crippen molar-refractivity contribution in [3.63, 3.8) is 0 Å². The topological polar surface area (TPSA) is 58.7 Å². The monoisotopic (exact) mass is 294 g/mol. The van der Waals surface area contributed by atoms with Gasteiger partial charge in [-0.25, -0.2) is 0 Å². The Labute approximate surface area is 125 Å². The maximum atomic E-state index is 10.1. The van der Waals surface area contributed by atoms with E-state index in [0.29, 0.717) is 23.3 Å². The lowest BCUT2D eigenvalue weighted by molar-refractivity contribution is 0.0673. The minimum absolute atomic E-state index is 0.282. The summed E-state index contributed by atoms with van der Waals surface area (Å²) in [6.07, 6.45) is 2.01. The standard InChI is InChI=1S/C15H22N2O2S/c1-2-17(12-6-7-12)9-13(18)10-19-14-5-3-4-11(8-14)15(16)20/h3-5,8,12-13,18H,2,6-7,9-10H2,1H3,(H2,16,20). The molecule has 0 amide bonds. The van der Waals surface area contributed by atoms with E-state index >= 15 is 0 Å². The van der Waals surface area contributed by atoms with E-state index in [4.69, 9.17) is 22.7 Å². The predicted octanol–water partition coefficient (Wildman–Crippen LogP) is 1.54. The van der Waals surface area contributed by atoms with Crippen molar-refractivity contribution < 1.29 is 9.84 Å². The number of ether oxygens (including phenoxy) is 1. The first-order valence-corrected chi connectivity index (χ1v) is 7.45. The van der Waals surface area contributed by atoms with Crippen LogP contribution in [-0.4, -0.2) is 46.8 Å². The third-order valence-corrected chi connectivity index (χ3v) is 3.71. The minimum Gasteiger partial charge on any atom is -0.491 e. The van der Waals surface area contributed by atoms with Crippen LogP contribution in [0, 0.1) is 0 Å². The molecule has 1 aliphatic rings. The van der Waals surface area contributed by atoms with Gasteiger partial charge in [0.25, 0.3) is 0 Å². The molecule has 3 N–H and O–H groups in total. The number of likely N-dealkylation sites (N-methyl/N-ethyl adjacent to an activating group) is 1. The maximum Gasteiger partial charge on any atom is 0.120 e. The predicted molar refractivity (Wildman–Crippen MR) is 84.1 cm³/mol. The van der Waals surface area contributed by atoms with Crippen LogP contribution in [-0.2, 0) is 0 Å². The van der Waals surface area contributed by atoms with Crippen LogP contribution >= 0.6 is 12.2 Å². The van der Waals surface area contributed by atoms with Gasteiger partial charge in [-0.2, -0.15) is 0 Å². The number of aliphatic hydroxyl groups is 1. The summed E-state index contributed by atoms with van der Waals surface area (Å²) in [7, 11) is 0. The van der Waals surface area contributed by atoms with Gasteiger partial charge in [0.15, 0.2) is 0 Å². The highest BCUT2D eigenvalue weighted by Crippen LogP contribution is 2.26. The Bertz CT molecular complexity index is 463. The second kappa shape index (κ2) is 7.02. The van der Waals surface area contributed by atoms with Crippen molar-refractivity contribution in [2.45, 2.75) is 31.9 Å². The van der Waals surface area contributed by atoms with Gasteiger partial charge in [0, 0.05) is 18.2 Å². The summed E-state index contributed by atoms with van der Waals surface area (Å²) in [6, 6.07) is 7.99. The molecule has 110 valence electrons. The Hall–Kier alpha value is -1.17. The van der Waals surface area contributed by atoms with E-state index in [1.165, 1.54) is 12.8 Å². The van der Waals surface area contributed by atoms with Crippen LogP contribution in [0.3, 0.4) is 0 Å². The van der Waals surface area contributed by atoms with E-state index in [1.807, 2.05) is 18.2 Å². The summed E-state index contributed by atoms with van der Waals surface area (Å²) in [6.45, 7) is 4.04. The fourth-order valence-electron chi connectivity index (χ4n) is 2.23. The molecule has 0 aromatic heterocycles. The highest BCUT2D eigenvalue weighted by Gasteiger charge is 2.29. The van der Waals surface area contributed by atoms with E-state index in [0.717, 1.165) is 12.1 Å². The van der Waals surface area contributed by atoms with Crippen LogP contribution in [0.2, 0.25) is 0 Å². The van der Waals surface area contributed by atoms with Crippen LogP contribution in [0.1, 0.15) is 25.3 Å². The molecule has 1 fully saturated rings. The molecule has 4 nitrogen and oxygen atoms in total. The number of thiocarbonyl (C=S) groups is 1. The van der Waals surface area contributed by atoms with Gasteiger partial charge < -0.3 is 15.6 Å². The molecule has 20 heavy (non-hydrogen) atoms. The largest absolute Gasteiger partial charge is 0.491 e. The number of benzene rings is 1. The highest BCUT2D eigenvalue weighted by atomic mass is 32.1. The molecule has 1 atom stereocenters. The SMILES string of the molecule is CCN(CC(O)COc1cccc(C(N)=S)c1)C1CC1. The van der Waals surface area contributed by atoms with Gasteiger partial charge in [0.05, 0.1) is 0 Å². The Kier molecular flexibility index (Phi) is 5.34. The average Bonchev–Trinajstić information content (AvgIpc) is 3.27. The van der Waals surface area contributed by atoms with Crippen molar-refractivity contribution >= 4 is 17.2 Å². The first kappa shape index (κ1) is 15.2. The average molecular weight is 294 g/mol. The number of aliphatic hydroxyl groups excluding tert-OH is 1. The van der Waals surface area contributed by atoms with Crippen LogP contribution in [0.25, 0.3) is 0 Å². The number of nitrogens with two attached hydrogens (primary N) is 1. The second-order valence-corrected chi connectivity index (χ2v) is 5.62. The summed E-state index contributed by atoms with van der Waals surface area (Å²) < 4.78 is 5.61. The van der Waals surface area contributed by atoms with Gasteiger partial charge in [0.1, 0.15) is 23.4 Å². The van der Waals surface area contributed by atoms with Gasteiger partial charge in [-0.05, 0) is 31.5 Å². The third-order valence-electron chi connectivity index (χ3n) is 3.48. The molecular formula is C15H22N2O2S. The normalized spacial score (nSPS) is 16.1. The van der Waals surface area contributed by atoms with Crippen molar-refractivity contribution in [3.05, 3.63) is 29.8 Å². The van der Waals surface area contributed by atoms with E-state index in [-0.39, 0.29) is 6.61 Å². The summed E-state index contributed by atoms with van der Waals surface area (Å²) in [4.78, 5) is 2.65. The number of rotatable bonds is 8. The number of hydrogen-bond donors (Lipinski definition) is 2. The van der Waals surface area contributed by atoms with Crippen LogP contribution in [0.15, 0.2) is 24.3 Å². The van der Waals surface area contributed by atoms with Crippen molar-refractivity contribution in [3.8, 4) is 5.75 Å². The van der Waals surface area contributed by atoms with Crippen molar-refractivity contribution in [2.24, 2.45) is 5.73 Å². The molecule has 1 unspecified atom stereocenters. The van der Waals surface area contributed by atoms with Crippen molar-refractivity contribution in [1.82, 2.24) is 4.90 Å². The Balaban J connectivity index is 1.81. The van der Waals surface area contributed by atoms with Crippen LogP contribution in [0.4, 0.5) is 0 Å². The molecule has 2 rings (SSSR count). The lowest BCUT2D eigenvalue weighted by Gasteiger charge is -2.23. The molecule has 0 radical (unpaired) electrons. The first-order valence-electron chi connectivity index (χ1n) is 7.05. The summed E-state index contributed by atoms with van der Waals surface area (Å²) in [5, 5.41) is 10.1. The highest BCUT2D eigenvalue weighted by molar-refractivity contribution is 7.80. The maximum absolute atomic E-state index is 10.1. The third kappa shape index (κ3) is 4.44. The first-order chi connectivity index (χ1) is 9.60. The second-order valence-electron chi connectivity index (χ2n) is 5.18. The quantitative estimate of drug-likeness (QED) is 0.712. The van der Waals surface area contributed by atoms with Gasteiger partial charge in [-0.3, -0.25) is 4.90 Å². The van der Waals surface area contributed by atoms with Crippen molar-refractivity contribution in [2.75, 3.05) is 19.7 Å². The van der Waals surface area contributed by atoms with Gasteiger partial charge in [-0.15, -0.1) is 0 Å². The van der Waals surface area contributed by atoms with Gasteiger partial charge >= 0.3 is 0 Å². The number of nitrogens with zero attached hydrogens (tertiary/aromatic N) is 1. The van der Waals surface area contributed by atoms with Crippen molar-refractivity contribution in [1.29, 1.82) is 0 Å². The Morgan fingerprint density at radius 1 is 1.55 bits per heavy atom. The Morgan fingerprint density at radius 2 is 2.30 bits per heavy atom. The molecular weight excluding hydrogens is 272 g/mol. The Morgan fingerprint density at radius 3 is 2.90 bits per heavy atom. The van der Waals surface area contributed by atoms with Gasteiger partial charge in [-0.1, -0.05) is 31.3 Å². The summed E-state index contributed by atoms with van der Waals surface area (Å²) >= 11 is 4.93. The lowest BCUT2D eigenvalue weighted by atomic mass is 10.2. The zero-order valence-corrected chi connectivity index (χ0v) is 12.6. The molecule has 0 bridgehead atoms. The number of hydrogen-bond acceptors (Lipinski definition) is 4. The van der Waals surface area contributed by atoms with E-state index < -0.39 is 6.10 Å². The summed E-state index contributed by atoms with van der Waals surface area (Å²) in [5.74, 6) is 0.684. The molecule has 1 aromatic carbocycles. The van der Waals surface area contributed by atoms with Gasteiger partial charge in [0.2, 0.25) is 0 Å². The zero-order chi connectivity index (χ0) is 14.5. The minimum atomic E-state index is -0.482. The molecule has 1 aromatic rings. The van der Waals surface area contributed by atoms with Crippen LogP contribution < -0.4 is 10.5 Å². The van der Waals surface area contributed by atoms with Crippen LogP contribution in [0.5, 0.6) is 5.75 Å². The van der Waals surface area contributed by atoms with E-state index in [2.05, 4.69) is 11.8 Å².